The number of hydrogen-bond donors (Lipinski definition) is 2. The van der Waals surface area contributed by atoms with Gasteiger partial charge in [-0.3, -0.25) is 9.59 Å². The second-order valence-corrected chi connectivity index (χ2v) is 6.51. The standard InChI is InChI=1S/C23H24N2O2/c26-22(24-15-6-9-18-7-2-1-3-8-18)14-16-25-23(27)21-13-12-19-10-4-5-11-20(19)17-21/h1-5,7-8,10-13,17H,6,9,14-16H2,(H,24,26)(H,25,27). The smallest absolute Gasteiger partial charge is 0.251 e. The van der Waals surface area contributed by atoms with Crippen molar-refractivity contribution < 1.29 is 9.59 Å². The van der Waals surface area contributed by atoms with E-state index < -0.39 is 0 Å². The molecule has 0 heterocycles. The average molecular weight is 360 g/mol. The van der Waals surface area contributed by atoms with Crippen molar-refractivity contribution >= 4 is 22.6 Å². The third-order valence-corrected chi connectivity index (χ3v) is 4.46. The van der Waals surface area contributed by atoms with Crippen molar-refractivity contribution in [2.45, 2.75) is 19.3 Å². The van der Waals surface area contributed by atoms with Crippen LogP contribution in [0.2, 0.25) is 0 Å². The monoisotopic (exact) mass is 360 g/mol. The molecule has 138 valence electrons. The highest BCUT2D eigenvalue weighted by Crippen LogP contribution is 2.15. The van der Waals surface area contributed by atoms with E-state index in [-0.39, 0.29) is 18.2 Å². The second-order valence-electron chi connectivity index (χ2n) is 6.51. The van der Waals surface area contributed by atoms with E-state index in [1.165, 1.54) is 5.56 Å². The number of nitrogens with one attached hydrogen (secondary N) is 2. The zero-order valence-corrected chi connectivity index (χ0v) is 15.3. The lowest BCUT2D eigenvalue weighted by Gasteiger charge is -2.08. The molecule has 27 heavy (non-hydrogen) atoms. The lowest BCUT2D eigenvalue weighted by molar-refractivity contribution is -0.120. The molecule has 3 aromatic carbocycles. The maximum absolute atomic E-state index is 12.2. The highest BCUT2D eigenvalue weighted by molar-refractivity contribution is 5.98. The SMILES string of the molecule is O=C(CCNC(=O)c1ccc2ccccc2c1)NCCCc1ccccc1. The summed E-state index contributed by atoms with van der Waals surface area (Å²) in [6, 6.07) is 23.7. The van der Waals surface area contributed by atoms with E-state index in [1.807, 2.05) is 54.6 Å². The molecular weight excluding hydrogens is 336 g/mol. The van der Waals surface area contributed by atoms with Gasteiger partial charge in [0.2, 0.25) is 5.91 Å². The van der Waals surface area contributed by atoms with Crippen LogP contribution in [0.25, 0.3) is 10.8 Å². The van der Waals surface area contributed by atoms with Crippen LogP contribution in [0.3, 0.4) is 0 Å². The van der Waals surface area contributed by atoms with Crippen molar-refractivity contribution in [2.75, 3.05) is 13.1 Å². The van der Waals surface area contributed by atoms with E-state index in [4.69, 9.17) is 0 Å². The molecular formula is C23H24N2O2. The first-order valence-electron chi connectivity index (χ1n) is 9.30. The molecule has 0 aliphatic heterocycles. The Morgan fingerprint density at radius 2 is 1.48 bits per heavy atom. The third-order valence-electron chi connectivity index (χ3n) is 4.46. The van der Waals surface area contributed by atoms with Crippen molar-refractivity contribution in [1.82, 2.24) is 10.6 Å². The quantitative estimate of drug-likeness (QED) is 0.602. The molecule has 0 aliphatic carbocycles. The molecule has 3 aromatic rings. The number of amides is 2. The molecule has 0 saturated heterocycles. The first kappa shape index (κ1) is 18.6. The molecule has 0 atom stereocenters. The van der Waals surface area contributed by atoms with Gasteiger partial charge in [-0.15, -0.1) is 0 Å². The Morgan fingerprint density at radius 1 is 0.741 bits per heavy atom. The van der Waals surface area contributed by atoms with E-state index in [9.17, 15) is 9.59 Å². The topological polar surface area (TPSA) is 58.2 Å². The predicted molar refractivity (Wildman–Crippen MR) is 109 cm³/mol. The molecule has 0 radical (unpaired) electrons. The van der Waals surface area contributed by atoms with Crippen molar-refractivity contribution in [2.24, 2.45) is 0 Å². The number of carbonyl (C=O) groups excluding carboxylic acids is 2. The van der Waals surface area contributed by atoms with Gasteiger partial charge in [0.1, 0.15) is 0 Å². The summed E-state index contributed by atoms with van der Waals surface area (Å²) in [5.41, 5.74) is 1.88. The molecule has 0 aromatic heterocycles. The van der Waals surface area contributed by atoms with Gasteiger partial charge in [-0.2, -0.15) is 0 Å². The van der Waals surface area contributed by atoms with Crippen LogP contribution in [-0.4, -0.2) is 24.9 Å². The number of rotatable bonds is 8. The van der Waals surface area contributed by atoms with Crippen LogP contribution >= 0.6 is 0 Å². The van der Waals surface area contributed by atoms with Gasteiger partial charge < -0.3 is 10.6 Å². The lowest BCUT2D eigenvalue weighted by atomic mass is 10.1. The molecule has 0 fully saturated rings. The normalized spacial score (nSPS) is 10.5. The summed E-state index contributed by atoms with van der Waals surface area (Å²) in [6.45, 7) is 0.975. The predicted octanol–water partition coefficient (Wildman–Crippen LogP) is 3.71. The molecule has 2 N–H and O–H groups in total. The highest BCUT2D eigenvalue weighted by Gasteiger charge is 2.07. The summed E-state index contributed by atoms with van der Waals surface area (Å²) in [4.78, 5) is 24.1. The van der Waals surface area contributed by atoms with E-state index in [0.717, 1.165) is 23.6 Å². The fourth-order valence-corrected chi connectivity index (χ4v) is 2.98. The van der Waals surface area contributed by atoms with Gasteiger partial charge in [-0.05, 0) is 41.3 Å². The zero-order valence-electron chi connectivity index (χ0n) is 15.3. The molecule has 0 unspecified atom stereocenters. The first-order valence-corrected chi connectivity index (χ1v) is 9.30. The molecule has 0 saturated carbocycles. The maximum atomic E-state index is 12.2. The average Bonchev–Trinajstić information content (AvgIpc) is 2.71. The van der Waals surface area contributed by atoms with Gasteiger partial charge in [0, 0.05) is 25.1 Å². The van der Waals surface area contributed by atoms with Gasteiger partial charge in [0.15, 0.2) is 0 Å². The molecule has 0 spiro atoms. The number of aryl methyl sites for hydroxylation is 1. The Bertz CT molecular complexity index is 906. The number of carbonyl (C=O) groups is 2. The number of fused-ring (bicyclic) bond motifs is 1. The van der Waals surface area contributed by atoms with E-state index in [0.29, 0.717) is 18.7 Å². The van der Waals surface area contributed by atoms with Gasteiger partial charge in [0.05, 0.1) is 0 Å². The summed E-state index contributed by atoms with van der Waals surface area (Å²) in [5.74, 6) is -0.195. The zero-order chi connectivity index (χ0) is 18.9. The summed E-state index contributed by atoms with van der Waals surface area (Å²) in [5, 5.41) is 7.84. The Balaban J connectivity index is 1.35. The molecule has 3 rings (SSSR count). The van der Waals surface area contributed by atoms with E-state index >= 15 is 0 Å². The summed E-state index contributed by atoms with van der Waals surface area (Å²) in [6.07, 6.45) is 2.13. The first-order chi connectivity index (χ1) is 13.2. The van der Waals surface area contributed by atoms with Gasteiger partial charge >= 0.3 is 0 Å². The molecule has 4 nitrogen and oxygen atoms in total. The Hall–Kier alpha value is -3.14. The van der Waals surface area contributed by atoms with Gasteiger partial charge in [0.25, 0.3) is 5.91 Å². The van der Waals surface area contributed by atoms with Crippen LogP contribution in [0, 0.1) is 0 Å². The fraction of sp³-hybridized carbons (Fsp3) is 0.217. The van der Waals surface area contributed by atoms with Gasteiger partial charge in [-0.25, -0.2) is 0 Å². The van der Waals surface area contributed by atoms with E-state index in [1.54, 1.807) is 6.07 Å². The van der Waals surface area contributed by atoms with Crippen molar-refractivity contribution in [3.05, 3.63) is 83.9 Å². The van der Waals surface area contributed by atoms with Crippen molar-refractivity contribution in [3.8, 4) is 0 Å². The largest absolute Gasteiger partial charge is 0.356 e. The molecule has 0 aliphatic rings. The second kappa shape index (κ2) is 9.53. The number of hydrogen-bond acceptors (Lipinski definition) is 2. The van der Waals surface area contributed by atoms with Crippen LogP contribution < -0.4 is 10.6 Å². The maximum Gasteiger partial charge on any atom is 0.251 e. The summed E-state index contributed by atoms with van der Waals surface area (Å²) in [7, 11) is 0. The van der Waals surface area contributed by atoms with Crippen LogP contribution in [0.4, 0.5) is 0 Å². The van der Waals surface area contributed by atoms with Crippen molar-refractivity contribution in [1.29, 1.82) is 0 Å². The fourth-order valence-electron chi connectivity index (χ4n) is 2.98. The van der Waals surface area contributed by atoms with E-state index in [2.05, 4.69) is 22.8 Å². The molecule has 0 bridgehead atoms. The Morgan fingerprint density at radius 3 is 2.30 bits per heavy atom. The lowest BCUT2D eigenvalue weighted by Crippen LogP contribution is -2.31. The molecule has 2 amide bonds. The van der Waals surface area contributed by atoms with Crippen LogP contribution in [0.1, 0.15) is 28.8 Å². The third kappa shape index (κ3) is 5.68. The highest BCUT2D eigenvalue weighted by atomic mass is 16.2. The number of benzene rings is 3. The Labute approximate surface area is 159 Å². The van der Waals surface area contributed by atoms with Gasteiger partial charge in [-0.1, -0.05) is 60.7 Å². The minimum absolute atomic E-state index is 0.0399. The van der Waals surface area contributed by atoms with Crippen LogP contribution in [0.5, 0.6) is 0 Å². The van der Waals surface area contributed by atoms with Crippen LogP contribution in [-0.2, 0) is 11.2 Å². The molecule has 4 heteroatoms. The summed E-state index contributed by atoms with van der Waals surface area (Å²) >= 11 is 0. The van der Waals surface area contributed by atoms with Crippen LogP contribution in [0.15, 0.2) is 72.8 Å². The minimum Gasteiger partial charge on any atom is -0.356 e. The summed E-state index contributed by atoms with van der Waals surface area (Å²) < 4.78 is 0. The van der Waals surface area contributed by atoms with Crippen molar-refractivity contribution in [3.63, 3.8) is 0 Å². The minimum atomic E-state index is -0.155. The Kier molecular flexibility index (Phi) is 6.58.